The minimum atomic E-state index is -1.34. The molecule has 3 heterocycles. The Kier molecular flexibility index (Phi) is 6.07. The number of fused-ring (bicyclic) bond motifs is 4. The number of carbonyl (C=O) groups excluding carboxylic acids is 1. The Morgan fingerprint density at radius 2 is 1.87 bits per heavy atom. The smallest absolute Gasteiger partial charge is 0.256 e. The third kappa shape index (κ3) is 3.66. The number of rotatable bonds is 7. The van der Waals surface area contributed by atoms with Crippen molar-refractivity contribution in [2.45, 2.75) is 56.8 Å². The average molecular weight is 514 g/mol. The van der Waals surface area contributed by atoms with E-state index >= 15 is 0 Å². The van der Waals surface area contributed by atoms with Crippen LogP contribution >= 0.6 is 0 Å². The first-order chi connectivity index (χ1) is 18.4. The van der Waals surface area contributed by atoms with E-state index in [0.717, 1.165) is 24.0 Å². The molecule has 2 saturated heterocycles. The minimum Gasteiger partial charge on any atom is -0.490 e. The highest BCUT2D eigenvalue weighted by Gasteiger charge is 2.73. The first kappa shape index (κ1) is 24.4. The van der Waals surface area contributed by atoms with Crippen molar-refractivity contribution in [3.63, 3.8) is 0 Å². The molecule has 1 spiro atoms. The lowest BCUT2D eigenvalue weighted by atomic mass is 9.77. The summed E-state index contributed by atoms with van der Waals surface area (Å²) in [6.07, 6.45) is 1.68. The third-order valence-corrected chi connectivity index (χ3v) is 8.26. The number of para-hydroxylation sites is 1. The fraction of sp³-hybridized carbons (Fsp3) is 0.367. The predicted molar refractivity (Wildman–Crippen MR) is 143 cm³/mol. The van der Waals surface area contributed by atoms with Crippen molar-refractivity contribution in [2.24, 2.45) is 0 Å². The maximum absolute atomic E-state index is 13.7. The van der Waals surface area contributed by atoms with E-state index in [1.165, 1.54) is 5.56 Å². The summed E-state index contributed by atoms with van der Waals surface area (Å²) in [5, 5.41) is 15.8. The summed E-state index contributed by atoms with van der Waals surface area (Å²) in [6.45, 7) is 5.41. The number of amides is 1. The maximum Gasteiger partial charge on any atom is 0.256 e. The lowest BCUT2D eigenvalue weighted by Gasteiger charge is -2.32. The normalized spacial score (nSPS) is 25.7. The van der Waals surface area contributed by atoms with E-state index in [4.69, 9.17) is 9.47 Å². The molecule has 1 amide bonds. The highest BCUT2D eigenvalue weighted by Crippen LogP contribution is 2.58. The molecule has 196 valence electrons. The van der Waals surface area contributed by atoms with Crippen LogP contribution < -0.4 is 14.8 Å². The first-order valence-corrected chi connectivity index (χ1v) is 13.2. The molecule has 8 nitrogen and oxygen atoms in total. The van der Waals surface area contributed by atoms with Crippen LogP contribution in [0.1, 0.15) is 47.9 Å². The molecule has 3 aromatic rings. The third-order valence-electron chi connectivity index (χ3n) is 8.26. The van der Waals surface area contributed by atoms with Crippen molar-refractivity contribution < 1.29 is 19.2 Å². The summed E-state index contributed by atoms with van der Waals surface area (Å²) in [7, 11) is 0. The zero-order chi connectivity index (χ0) is 26.4. The van der Waals surface area contributed by atoms with Gasteiger partial charge in [0.25, 0.3) is 11.9 Å². The summed E-state index contributed by atoms with van der Waals surface area (Å²) in [5.41, 5.74) is 3.04. The molecule has 4 atom stereocenters. The van der Waals surface area contributed by atoms with Crippen LogP contribution in [0.25, 0.3) is 0 Å². The van der Waals surface area contributed by atoms with Crippen molar-refractivity contribution in [1.29, 1.82) is 0 Å². The van der Waals surface area contributed by atoms with Crippen LogP contribution in [-0.4, -0.2) is 41.0 Å². The molecule has 0 aliphatic carbocycles. The maximum atomic E-state index is 13.7. The van der Waals surface area contributed by atoms with Crippen molar-refractivity contribution in [2.75, 3.05) is 18.5 Å². The van der Waals surface area contributed by atoms with Gasteiger partial charge in [-0.05, 0) is 56.0 Å². The summed E-state index contributed by atoms with van der Waals surface area (Å²) in [6, 6.07) is 19.9. The van der Waals surface area contributed by atoms with Crippen molar-refractivity contribution in [3.8, 4) is 11.5 Å². The number of nitro groups is 1. The molecule has 0 radical (unpaired) electrons. The number of hydrogen-bond donors (Lipinski definition) is 1. The van der Waals surface area contributed by atoms with E-state index < -0.39 is 17.5 Å². The Labute approximate surface area is 221 Å². The van der Waals surface area contributed by atoms with Gasteiger partial charge in [-0.2, -0.15) is 0 Å². The first-order valence-electron chi connectivity index (χ1n) is 13.2. The molecule has 0 aromatic heterocycles. The van der Waals surface area contributed by atoms with Crippen LogP contribution in [0.5, 0.6) is 11.5 Å². The van der Waals surface area contributed by atoms with Crippen LogP contribution in [0.2, 0.25) is 0 Å². The molecule has 3 aliphatic rings. The van der Waals surface area contributed by atoms with Gasteiger partial charge in [0.1, 0.15) is 6.61 Å². The van der Waals surface area contributed by atoms with E-state index in [0.29, 0.717) is 42.5 Å². The summed E-state index contributed by atoms with van der Waals surface area (Å²) >= 11 is 0. The van der Waals surface area contributed by atoms with Gasteiger partial charge in [-0.3, -0.25) is 19.8 Å². The van der Waals surface area contributed by atoms with Crippen LogP contribution in [-0.2, 0) is 16.9 Å². The molecule has 0 unspecified atom stereocenters. The fourth-order valence-electron chi connectivity index (χ4n) is 6.74. The van der Waals surface area contributed by atoms with Gasteiger partial charge < -0.3 is 14.8 Å². The van der Waals surface area contributed by atoms with E-state index in [-0.39, 0.29) is 16.9 Å². The van der Waals surface area contributed by atoms with Gasteiger partial charge in [0.2, 0.25) is 0 Å². The standard InChI is InChI=1S/C30H31N3O5/c1-3-37-26-17-21(14-15-25(26)38-18-20-12-10-19(2)11-13-20)27-24-9-6-16-32(24)30(28(27)33(35)36)22-7-4-5-8-23(22)31-29(30)34/h4-5,7-8,10-15,17,24,27-28H,3,6,9,16,18H2,1-2H3,(H,31,34)/t24-,27+,28+,30+/m0/s1. The van der Waals surface area contributed by atoms with Gasteiger partial charge in [0.05, 0.1) is 12.5 Å². The molecule has 3 aromatic carbocycles. The average Bonchev–Trinajstić information content (AvgIpc) is 3.57. The van der Waals surface area contributed by atoms with Crippen molar-refractivity contribution >= 4 is 11.6 Å². The fourth-order valence-corrected chi connectivity index (χ4v) is 6.74. The van der Waals surface area contributed by atoms with Gasteiger partial charge in [-0.25, -0.2) is 0 Å². The zero-order valence-corrected chi connectivity index (χ0v) is 21.6. The van der Waals surface area contributed by atoms with Gasteiger partial charge in [-0.15, -0.1) is 0 Å². The van der Waals surface area contributed by atoms with Gasteiger partial charge in [-0.1, -0.05) is 54.1 Å². The predicted octanol–water partition coefficient (Wildman–Crippen LogP) is 5.03. The topological polar surface area (TPSA) is 93.9 Å². The Hall–Kier alpha value is -3.91. The van der Waals surface area contributed by atoms with E-state index in [1.54, 1.807) is 0 Å². The molecule has 6 rings (SSSR count). The molecule has 8 heteroatoms. The minimum absolute atomic E-state index is 0.129. The largest absolute Gasteiger partial charge is 0.490 e. The quantitative estimate of drug-likeness (QED) is 0.352. The number of aryl methyl sites for hydroxylation is 1. The van der Waals surface area contributed by atoms with Crippen LogP contribution in [0.15, 0.2) is 66.7 Å². The lowest BCUT2D eigenvalue weighted by molar-refractivity contribution is -0.534. The van der Waals surface area contributed by atoms with Crippen molar-refractivity contribution in [3.05, 3.63) is 99.1 Å². The van der Waals surface area contributed by atoms with E-state index in [1.807, 2.05) is 80.6 Å². The number of anilines is 1. The van der Waals surface area contributed by atoms with Gasteiger partial charge in [0, 0.05) is 28.8 Å². The SMILES string of the molecule is CCOc1cc([C@@H]2[C@@H]3CCCN3[C@@]3(C(=O)Nc4ccccc43)[C@@H]2[N+](=O)[O-])ccc1OCc1ccc(C)cc1. The molecule has 1 N–H and O–H groups in total. The molecule has 38 heavy (non-hydrogen) atoms. The number of hydrogen-bond acceptors (Lipinski definition) is 6. The second-order valence-corrected chi connectivity index (χ2v) is 10.3. The molecule has 0 saturated carbocycles. The number of ether oxygens (including phenoxy) is 2. The number of benzene rings is 3. The molecule has 3 aliphatic heterocycles. The monoisotopic (exact) mass is 513 g/mol. The van der Waals surface area contributed by atoms with Crippen LogP contribution in [0.3, 0.4) is 0 Å². The van der Waals surface area contributed by atoms with Crippen molar-refractivity contribution in [1.82, 2.24) is 4.90 Å². The summed E-state index contributed by atoms with van der Waals surface area (Å²) in [5.74, 6) is 0.363. The van der Waals surface area contributed by atoms with Crippen LogP contribution in [0.4, 0.5) is 5.69 Å². The Morgan fingerprint density at radius 1 is 1.08 bits per heavy atom. The lowest BCUT2D eigenvalue weighted by Crippen LogP contribution is -2.55. The Balaban J connectivity index is 1.40. The summed E-state index contributed by atoms with van der Waals surface area (Å²) in [4.78, 5) is 28.3. The zero-order valence-electron chi connectivity index (χ0n) is 21.6. The van der Waals surface area contributed by atoms with Crippen LogP contribution in [0, 0.1) is 17.0 Å². The van der Waals surface area contributed by atoms with E-state index in [2.05, 4.69) is 10.2 Å². The molecule has 0 bridgehead atoms. The Morgan fingerprint density at radius 3 is 2.63 bits per heavy atom. The molecular formula is C30H31N3O5. The van der Waals surface area contributed by atoms with E-state index in [9.17, 15) is 14.9 Å². The highest BCUT2D eigenvalue weighted by atomic mass is 16.6. The number of carbonyl (C=O) groups is 1. The number of nitrogens with one attached hydrogen (secondary N) is 1. The molecule has 2 fully saturated rings. The van der Waals surface area contributed by atoms with Gasteiger partial charge in [0.15, 0.2) is 17.0 Å². The second kappa shape index (κ2) is 9.44. The molecular weight excluding hydrogens is 482 g/mol. The Bertz CT molecular complexity index is 1390. The summed E-state index contributed by atoms with van der Waals surface area (Å²) < 4.78 is 12.1. The highest BCUT2D eigenvalue weighted by molar-refractivity contribution is 6.07. The van der Waals surface area contributed by atoms with Gasteiger partial charge >= 0.3 is 0 Å². The number of nitrogens with zero attached hydrogens (tertiary/aromatic N) is 2. The second-order valence-electron chi connectivity index (χ2n) is 10.3.